The minimum atomic E-state index is -0.184. The molecule has 0 aromatic carbocycles. The molecule has 24 heavy (non-hydrogen) atoms. The molecule has 0 saturated carbocycles. The highest BCUT2D eigenvalue weighted by molar-refractivity contribution is 7.15. The Morgan fingerprint density at radius 3 is 2.96 bits per heavy atom. The number of morpholine rings is 1. The van der Waals surface area contributed by atoms with Crippen molar-refractivity contribution >= 4 is 28.2 Å². The molecular formula is C17H22N4O2S. The van der Waals surface area contributed by atoms with Crippen molar-refractivity contribution < 1.29 is 9.53 Å². The van der Waals surface area contributed by atoms with Crippen LogP contribution >= 0.6 is 11.3 Å². The third-order valence-electron chi connectivity index (χ3n) is 4.09. The van der Waals surface area contributed by atoms with Crippen LogP contribution in [0.2, 0.25) is 0 Å². The van der Waals surface area contributed by atoms with E-state index in [2.05, 4.69) is 22.2 Å². The topological polar surface area (TPSA) is 67.3 Å². The van der Waals surface area contributed by atoms with Gasteiger partial charge in [0.25, 0.3) is 0 Å². The molecule has 2 aromatic rings. The Morgan fingerprint density at radius 1 is 1.42 bits per heavy atom. The molecular weight excluding hydrogens is 324 g/mol. The first kappa shape index (κ1) is 16.9. The maximum atomic E-state index is 11.9. The predicted molar refractivity (Wildman–Crippen MR) is 94.7 cm³/mol. The maximum Gasteiger partial charge on any atom is 0.222 e. The smallest absolute Gasteiger partial charge is 0.222 e. The zero-order valence-electron chi connectivity index (χ0n) is 14.2. The van der Waals surface area contributed by atoms with E-state index in [1.165, 1.54) is 4.88 Å². The summed E-state index contributed by atoms with van der Waals surface area (Å²) in [6.45, 7) is 7.68. The quantitative estimate of drug-likeness (QED) is 0.921. The molecule has 1 N–H and O–H groups in total. The molecule has 0 aliphatic carbocycles. The number of hydrogen-bond donors (Lipinski definition) is 1. The normalized spacial score (nSPS) is 17.8. The number of aryl methyl sites for hydroxylation is 2. The lowest BCUT2D eigenvalue weighted by molar-refractivity contribution is -0.138. The molecule has 7 heteroatoms. The highest BCUT2D eigenvalue weighted by Gasteiger charge is 2.25. The van der Waals surface area contributed by atoms with Crippen LogP contribution in [-0.2, 0) is 9.53 Å². The highest BCUT2D eigenvalue weighted by atomic mass is 32.1. The summed E-state index contributed by atoms with van der Waals surface area (Å²) < 4.78 is 5.82. The second-order valence-corrected chi connectivity index (χ2v) is 6.99. The van der Waals surface area contributed by atoms with Gasteiger partial charge in [-0.05, 0) is 26.0 Å². The summed E-state index contributed by atoms with van der Waals surface area (Å²) >= 11 is 1.61. The Bertz CT molecular complexity index is 712. The van der Waals surface area contributed by atoms with Crippen LogP contribution < -0.4 is 5.32 Å². The molecule has 1 amide bonds. The number of hydrogen-bond acceptors (Lipinski definition) is 6. The number of carbonyl (C=O) groups excluding carboxylic acids is 1. The second kappa shape index (κ2) is 7.27. The van der Waals surface area contributed by atoms with Crippen molar-refractivity contribution in [2.75, 3.05) is 25.0 Å². The van der Waals surface area contributed by atoms with Gasteiger partial charge in [-0.2, -0.15) is 0 Å². The van der Waals surface area contributed by atoms with Crippen molar-refractivity contribution in [1.82, 2.24) is 14.9 Å². The standard InChI is InChI=1S/C17H22N4O2S/c1-4-16(22)21-8-9-23-14(10-21)13-6-5-7-15(19-13)20-17-18-11(2)12(3)24-17/h5-7,14H,4,8-10H2,1-3H3,(H,18,19,20)/t14-/m0/s1. The summed E-state index contributed by atoms with van der Waals surface area (Å²) in [5, 5.41) is 4.09. The zero-order valence-corrected chi connectivity index (χ0v) is 15.0. The van der Waals surface area contributed by atoms with E-state index in [1.54, 1.807) is 11.3 Å². The summed E-state index contributed by atoms with van der Waals surface area (Å²) in [5.41, 5.74) is 1.86. The van der Waals surface area contributed by atoms with Gasteiger partial charge in [-0.3, -0.25) is 4.79 Å². The van der Waals surface area contributed by atoms with E-state index in [9.17, 15) is 4.79 Å². The van der Waals surface area contributed by atoms with Crippen LogP contribution in [0, 0.1) is 13.8 Å². The number of nitrogens with zero attached hydrogens (tertiary/aromatic N) is 3. The van der Waals surface area contributed by atoms with Crippen molar-refractivity contribution in [3.8, 4) is 0 Å². The minimum absolute atomic E-state index is 0.159. The first-order valence-corrected chi connectivity index (χ1v) is 8.96. The third kappa shape index (κ3) is 3.73. The first-order chi connectivity index (χ1) is 11.6. The van der Waals surface area contributed by atoms with E-state index in [0.29, 0.717) is 26.1 Å². The predicted octanol–water partition coefficient (Wildman–Crippen LogP) is 3.21. The van der Waals surface area contributed by atoms with Gasteiger partial charge in [0.2, 0.25) is 5.91 Å². The summed E-state index contributed by atoms with van der Waals surface area (Å²) in [6, 6.07) is 5.80. The van der Waals surface area contributed by atoms with Gasteiger partial charge in [0.05, 0.1) is 24.5 Å². The van der Waals surface area contributed by atoms with Gasteiger partial charge in [0.1, 0.15) is 11.9 Å². The molecule has 1 aliphatic heterocycles. The zero-order chi connectivity index (χ0) is 17.1. The summed E-state index contributed by atoms with van der Waals surface area (Å²) in [5.74, 6) is 0.898. The molecule has 1 saturated heterocycles. The van der Waals surface area contributed by atoms with Crippen molar-refractivity contribution in [1.29, 1.82) is 0 Å². The molecule has 0 spiro atoms. The number of pyridine rings is 1. The van der Waals surface area contributed by atoms with Crippen LogP contribution in [0.25, 0.3) is 0 Å². The number of amides is 1. The van der Waals surface area contributed by atoms with Gasteiger partial charge in [0.15, 0.2) is 5.13 Å². The van der Waals surface area contributed by atoms with Crippen LogP contribution in [0.4, 0.5) is 10.9 Å². The van der Waals surface area contributed by atoms with Crippen molar-refractivity contribution in [2.24, 2.45) is 0 Å². The SMILES string of the molecule is CCC(=O)N1CCO[C@H](c2cccc(Nc3nc(C)c(C)s3)n2)C1. The summed E-state index contributed by atoms with van der Waals surface area (Å²) in [7, 11) is 0. The minimum Gasteiger partial charge on any atom is -0.368 e. The number of nitrogens with one attached hydrogen (secondary N) is 1. The van der Waals surface area contributed by atoms with Gasteiger partial charge in [-0.25, -0.2) is 9.97 Å². The van der Waals surface area contributed by atoms with E-state index in [1.807, 2.05) is 36.9 Å². The highest BCUT2D eigenvalue weighted by Crippen LogP contribution is 2.26. The van der Waals surface area contributed by atoms with E-state index in [4.69, 9.17) is 4.74 Å². The number of ether oxygens (including phenoxy) is 1. The largest absolute Gasteiger partial charge is 0.368 e. The van der Waals surface area contributed by atoms with E-state index in [0.717, 1.165) is 22.3 Å². The average Bonchev–Trinajstić information content (AvgIpc) is 2.92. The molecule has 2 aromatic heterocycles. The molecule has 0 radical (unpaired) electrons. The van der Waals surface area contributed by atoms with Crippen LogP contribution in [0.5, 0.6) is 0 Å². The molecule has 3 rings (SSSR count). The Labute approximate surface area is 145 Å². The lowest BCUT2D eigenvalue weighted by atomic mass is 10.2. The maximum absolute atomic E-state index is 11.9. The third-order valence-corrected chi connectivity index (χ3v) is 5.07. The van der Waals surface area contributed by atoms with Gasteiger partial charge in [-0.15, -0.1) is 11.3 Å². The van der Waals surface area contributed by atoms with Crippen molar-refractivity contribution in [2.45, 2.75) is 33.3 Å². The Kier molecular flexibility index (Phi) is 5.11. The lowest BCUT2D eigenvalue weighted by Crippen LogP contribution is -2.42. The molecule has 128 valence electrons. The Hall–Kier alpha value is -1.99. The van der Waals surface area contributed by atoms with E-state index in [-0.39, 0.29) is 12.0 Å². The van der Waals surface area contributed by atoms with Gasteiger partial charge < -0.3 is 15.0 Å². The van der Waals surface area contributed by atoms with Gasteiger partial charge in [0, 0.05) is 17.8 Å². The number of thiazole rings is 1. The molecule has 0 unspecified atom stereocenters. The van der Waals surface area contributed by atoms with Gasteiger partial charge >= 0.3 is 0 Å². The van der Waals surface area contributed by atoms with Gasteiger partial charge in [-0.1, -0.05) is 13.0 Å². The summed E-state index contributed by atoms with van der Waals surface area (Å²) in [6.07, 6.45) is 0.334. The fraction of sp³-hybridized carbons (Fsp3) is 0.471. The molecule has 3 heterocycles. The average molecular weight is 346 g/mol. The Morgan fingerprint density at radius 2 is 2.25 bits per heavy atom. The van der Waals surface area contributed by atoms with Crippen molar-refractivity contribution in [3.63, 3.8) is 0 Å². The van der Waals surface area contributed by atoms with Crippen LogP contribution in [0.1, 0.15) is 35.7 Å². The number of aromatic nitrogens is 2. The fourth-order valence-corrected chi connectivity index (χ4v) is 3.44. The molecule has 1 atom stereocenters. The first-order valence-electron chi connectivity index (χ1n) is 8.14. The van der Waals surface area contributed by atoms with Crippen LogP contribution in [0.3, 0.4) is 0 Å². The second-order valence-electron chi connectivity index (χ2n) is 5.79. The van der Waals surface area contributed by atoms with Crippen LogP contribution in [-0.4, -0.2) is 40.5 Å². The number of rotatable bonds is 4. The number of anilines is 2. The number of carbonyl (C=O) groups is 1. The van der Waals surface area contributed by atoms with Crippen molar-refractivity contribution in [3.05, 3.63) is 34.5 Å². The lowest BCUT2D eigenvalue weighted by Gasteiger charge is -2.32. The van der Waals surface area contributed by atoms with E-state index >= 15 is 0 Å². The fourth-order valence-electron chi connectivity index (χ4n) is 2.61. The van der Waals surface area contributed by atoms with E-state index < -0.39 is 0 Å². The molecule has 1 aliphatic rings. The monoisotopic (exact) mass is 346 g/mol. The molecule has 1 fully saturated rings. The van der Waals surface area contributed by atoms with Crippen LogP contribution in [0.15, 0.2) is 18.2 Å². The summed E-state index contributed by atoms with van der Waals surface area (Å²) in [4.78, 5) is 24.1. The molecule has 6 nitrogen and oxygen atoms in total. The molecule has 0 bridgehead atoms. The Balaban J connectivity index is 1.73.